The van der Waals surface area contributed by atoms with Crippen LogP contribution in [0.25, 0.3) is 0 Å². The molecule has 0 bridgehead atoms. The highest BCUT2D eigenvalue weighted by atomic mass is 16.5. The van der Waals surface area contributed by atoms with Crippen molar-refractivity contribution in [1.29, 1.82) is 0 Å². The van der Waals surface area contributed by atoms with Gasteiger partial charge in [0.15, 0.2) is 0 Å². The van der Waals surface area contributed by atoms with Crippen LogP contribution in [0.3, 0.4) is 0 Å². The van der Waals surface area contributed by atoms with Gasteiger partial charge in [-0.1, -0.05) is 125 Å². The number of hydrogen-bond donors (Lipinski definition) is 4. The molecule has 406 valence electrons. The number of nitrogens with zero attached hydrogens (tertiary/aromatic N) is 1. The van der Waals surface area contributed by atoms with Crippen molar-refractivity contribution < 1.29 is 52.5 Å². The van der Waals surface area contributed by atoms with Crippen molar-refractivity contribution >= 4 is 41.6 Å². The normalized spacial score (nSPS) is 14.3. The van der Waals surface area contributed by atoms with E-state index in [0.29, 0.717) is 42.7 Å². The minimum absolute atomic E-state index is 0. The molecule has 1 aliphatic rings. The molecule has 69 heavy (non-hydrogen) atoms. The minimum atomic E-state index is -0.873. The predicted octanol–water partition coefficient (Wildman–Crippen LogP) is 8.58. The smallest absolute Gasteiger partial charge is 0.328 e. The number of rotatable bonds is 20. The molecule has 0 radical (unpaired) electrons. The lowest BCUT2D eigenvalue weighted by molar-refractivity contribution is -0.149. The van der Waals surface area contributed by atoms with Gasteiger partial charge in [-0.15, -0.1) is 0 Å². The van der Waals surface area contributed by atoms with Crippen LogP contribution in [0, 0.1) is 33.0 Å². The summed E-state index contributed by atoms with van der Waals surface area (Å²) in [6.07, 6.45) is 9.71. The first-order valence-corrected chi connectivity index (χ1v) is 24.3. The molecular formula is C53H103N5O11. The third kappa shape index (κ3) is 41.6. The van der Waals surface area contributed by atoms with E-state index in [1.54, 1.807) is 13.8 Å². The van der Waals surface area contributed by atoms with E-state index in [9.17, 15) is 33.6 Å². The van der Waals surface area contributed by atoms with Crippen LogP contribution in [0.5, 0.6) is 0 Å². The van der Waals surface area contributed by atoms with E-state index in [2.05, 4.69) is 88.4 Å². The molecule has 7 N–H and O–H groups in total. The fourth-order valence-electron chi connectivity index (χ4n) is 5.29. The summed E-state index contributed by atoms with van der Waals surface area (Å²) in [6.45, 7) is 41.6. The number of ether oxygens (including phenoxy) is 4. The number of amides is 3. The summed E-state index contributed by atoms with van der Waals surface area (Å²) in [6, 6.07) is -1.86. The standard InChI is InChI=1S/C16H24N2O5.C13H27NO2.C12H25NO2.C11H23NO2.CH4/c1-11(15(22)23-9-5-8-16(2,3)4)17-12(19)10-18-13(20)6-7-14(18)21;1-12(2,3)8-7-9-16-11(15)10(14)13(4,5)6;1-9(2)10(13)11(14)15-8-6-7-12(3,4)5;1-10(2,3)7-6-8-14-9(13)11(4,5)12;/h6-7,11H,5,8-10H2,1-4H3,(H,17,19);10H,7-9,14H2,1-6H3;9-10H,6-8,13H2,1-5H3;6-8,12H2,1-5H3;1H4. The average molecular weight is 986 g/mol. The van der Waals surface area contributed by atoms with Gasteiger partial charge >= 0.3 is 23.9 Å². The van der Waals surface area contributed by atoms with Crippen molar-refractivity contribution in [2.24, 2.45) is 50.2 Å². The first kappa shape index (κ1) is 71.7. The number of carbonyl (C=O) groups excluding carboxylic acids is 7. The highest BCUT2D eigenvalue weighted by Gasteiger charge is 2.30. The van der Waals surface area contributed by atoms with Gasteiger partial charge in [-0.2, -0.15) is 0 Å². The van der Waals surface area contributed by atoms with E-state index in [1.807, 2.05) is 34.6 Å². The third-order valence-electron chi connectivity index (χ3n) is 9.89. The number of esters is 4. The van der Waals surface area contributed by atoms with Crippen LogP contribution >= 0.6 is 0 Å². The third-order valence-corrected chi connectivity index (χ3v) is 9.89. The molecule has 16 heteroatoms. The molecule has 0 aromatic carbocycles. The van der Waals surface area contributed by atoms with Gasteiger partial charge in [0.2, 0.25) is 5.91 Å². The largest absolute Gasteiger partial charge is 0.465 e. The fraction of sp³-hybridized carbons (Fsp3) is 0.830. The van der Waals surface area contributed by atoms with Crippen molar-refractivity contribution in [3.8, 4) is 0 Å². The van der Waals surface area contributed by atoms with Crippen LogP contribution in [0.2, 0.25) is 0 Å². The second-order valence-electron chi connectivity index (χ2n) is 24.5. The Kier molecular flexibility index (Phi) is 34.2. The number of hydrogen-bond acceptors (Lipinski definition) is 14. The monoisotopic (exact) mass is 986 g/mol. The first-order chi connectivity index (χ1) is 30.5. The Morgan fingerprint density at radius 2 is 0.870 bits per heavy atom. The van der Waals surface area contributed by atoms with E-state index in [-0.39, 0.29) is 42.1 Å². The van der Waals surface area contributed by atoms with Crippen LogP contribution < -0.4 is 22.5 Å². The van der Waals surface area contributed by atoms with E-state index in [1.165, 1.54) is 6.92 Å². The Balaban J connectivity index is -0.000000416. The molecule has 16 nitrogen and oxygen atoms in total. The Labute approximate surface area is 419 Å². The molecule has 0 aromatic heterocycles. The van der Waals surface area contributed by atoms with Gasteiger partial charge in [-0.05, 0) is 105 Å². The zero-order valence-corrected chi connectivity index (χ0v) is 46.3. The van der Waals surface area contributed by atoms with Gasteiger partial charge in [-0.25, -0.2) is 4.79 Å². The van der Waals surface area contributed by atoms with Crippen LogP contribution in [0.15, 0.2) is 12.2 Å². The number of carbonyl (C=O) groups is 7. The van der Waals surface area contributed by atoms with Crippen LogP contribution in [-0.4, -0.2) is 103 Å². The van der Waals surface area contributed by atoms with Crippen molar-refractivity contribution in [1.82, 2.24) is 10.2 Å². The zero-order chi connectivity index (χ0) is 54.1. The van der Waals surface area contributed by atoms with Crippen LogP contribution in [0.4, 0.5) is 0 Å². The number of imide groups is 1. The summed E-state index contributed by atoms with van der Waals surface area (Å²) in [5.41, 5.74) is 17.0. The number of nitrogens with two attached hydrogens (primary N) is 3. The minimum Gasteiger partial charge on any atom is -0.465 e. The summed E-state index contributed by atoms with van der Waals surface area (Å²) in [4.78, 5) is 81.2. The maximum Gasteiger partial charge on any atom is 0.328 e. The second kappa shape index (κ2) is 32.9. The molecule has 3 unspecified atom stereocenters. The van der Waals surface area contributed by atoms with Gasteiger partial charge in [0.05, 0.1) is 26.4 Å². The van der Waals surface area contributed by atoms with Gasteiger partial charge in [0.1, 0.15) is 30.2 Å². The topological polar surface area (TPSA) is 250 Å². The van der Waals surface area contributed by atoms with Crippen LogP contribution in [0.1, 0.15) is 197 Å². The molecular weight excluding hydrogens is 883 g/mol. The van der Waals surface area contributed by atoms with E-state index < -0.39 is 53.9 Å². The Hall–Kier alpha value is -3.89. The molecule has 0 fully saturated rings. The molecule has 0 aromatic rings. The molecule has 3 amide bonds. The maximum atomic E-state index is 11.8. The Morgan fingerprint density at radius 3 is 1.17 bits per heavy atom. The van der Waals surface area contributed by atoms with E-state index >= 15 is 0 Å². The lowest BCUT2D eigenvalue weighted by Crippen LogP contribution is -2.46. The van der Waals surface area contributed by atoms with Gasteiger partial charge in [-0.3, -0.25) is 33.7 Å². The number of nitrogens with one attached hydrogen (secondary N) is 1. The second-order valence-corrected chi connectivity index (χ2v) is 24.5. The van der Waals surface area contributed by atoms with Gasteiger partial charge in [0.25, 0.3) is 11.8 Å². The predicted molar refractivity (Wildman–Crippen MR) is 277 cm³/mol. The molecule has 1 aliphatic heterocycles. The summed E-state index contributed by atoms with van der Waals surface area (Å²) < 4.78 is 20.4. The molecule has 1 heterocycles. The van der Waals surface area contributed by atoms with Gasteiger partial charge in [0, 0.05) is 12.2 Å². The van der Waals surface area contributed by atoms with Crippen molar-refractivity contribution in [2.75, 3.05) is 33.0 Å². The van der Waals surface area contributed by atoms with E-state index in [0.717, 1.165) is 68.4 Å². The quantitative estimate of drug-likeness (QED) is 0.0386. The first-order valence-electron chi connectivity index (χ1n) is 24.3. The van der Waals surface area contributed by atoms with Gasteiger partial charge < -0.3 is 41.5 Å². The molecule has 0 saturated heterocycles. The summed E-state index contributed by atoms with van der Waals surface area (Å²) in [7, 11) is 0. The van der Waals surface area contributed by atoms with Crippen molar-refractivity contribution in [3.63, 3.8) is 0 Å². The molecule has 3 atom stereocenters. The van der Waals surface area contributed by atoms with Crippen molar-refractivity contribution in [3.05, 3.63) is 12.2 Å². The molecule has 1 rings (SSSR count). The Bertz CT molecular complexity index is 1550. The van der Waals surface area contributed by atoms with E-state index in [4.69, 9.17) is 36.1 Å². The van der Waals surface area contributed by atoms with Crippen molar-refractivity contribution in [2.45, 2.75) is 221 Å². The molecule has 0 aliphatic carbocycles. The summed E-state index contributed by atoms with van der Waals surface area (Å²) in [5, 5.41) is 2.42. The van der Waals surface area contributed by atoms with Crippen LogP contribution in [-0.2, 0) is 52.5 Å². The fourth-order valence-corrected chi connectivity index (χ4v) is 5.29. The zero-order valence-electron chi connectivity index (χ0n) is 46.3. The molecule has 0 spiro atoms. The highest BCUT2D eigenvalue weighted by Crippen LogP contribution is 2.23. The molecule has 0 saturated carbocycles. The lowest BCUT2D eigenvalue weighted by atomic mass is 9.87. The maximum absolute atomic E-state index is 11.8. The Morgan fingerprint density at radius 1 is 0.551 bits per heavy atom. The summed E-state index contributed by atoms with van der Waals surface area (Å²) >= 11 is 0. The average Bonchev–Trinajstić information content (AvgIpc) is 3.47. The highest BCUT2D eigenvalue weighted by molar-refractivity contribution is 6.14. The lowest BCUT2D eigenvalue weighted by Gasteiger charge is -2.25. The summed E-state index contributed by atoms with van der Waals surface area (Å²) in [5.74, 6) is -2.96. The SMILES string of the molecule is C.CC(C)(C)CCCOC(=O)C(C)(C)N.CC(C)(C)CCCOC(=O)C(N)C(C)(C)C.CC(C)C(N)C(=O)OCCCC(C)(C)C.CC(NC(=O)CN1C(=O)C=CC1=O)C(=O)OCCCC(C)(C)C.